The van der Waals surface area contributed by atoms with Crippen molar-refractivity contribution in [1.82, 2.24) is 0 Å². The van der Waals surface area contributed by atoms with Crippen molar-refractivity contribution in [2.24, 2.45) is 0 Å². The van der Waals surface area contributed by atoms with E-state index in [1.807, 2.05) is 38.1 Å². The molecule has 0 saturated carbocycles. The lowest BCUT2D eigenvalue weighted by atomic mass is 10.1. The maximum atomic E-state index is 13.4. The molecule has 1 aliphatic rings. The molecule has 0 aromatic heterocycles. The van der Waals surface area contributed by atoms with E-state index in [9.17, 15) is 21.6 Å². The van der Waals surface area contributed by atoms with Crippen molar-refractivity contribution in [3.05, 3.63) is 114 Å². The Balaban J connectivity index is 1.32. The van der Waals surface area contributed by atoms with E-state index in [4.69, 9.17) is 4.74 Å². The van der Waals surface area contributed by atoms with E-state index >= 15 is 0 Å². The first-order valence-electron chi connectivity index (χ1n) is 12.8. The molecule has 0 spiro atoms. The van der Waals surface area contributed by atoms with E-state index in [0.29, 0.717) is 22.6 Å². The van der Waals surface area contributed by atoms with Gasteiger partial charge in [-0.15, -0.1) is 0 Å². The molecule has 5 rings (SSSR count). The van der Waals surface area contributed by atoms with Crippen LogP contribution in [0.25, 0.3) is 0 Å². The van der Waals surface area contributed by atoms with Gasteiger partial charge in [0.15, 0.2) is 6.10 Å². The van der Waals surface area contributed by atoms with Gasteiger partial charge >= 0.3 is 0 Å². The summed E-state index contributed by atoms with van der Waals surface area (Å²) in [6.07, 6.45) is -1.13. The molecule has 1 aliphatic heterocycles. The summed E-state index contributed by atoms with van der Waals surface area (Å²) in [7, 11) is -7.71. The second-order valence-corrected chi connectivity index (χ2v) is 13.3. The minimum absolute atomic E-state index is 0.0270. The van der Waals surface area contributed by atoms with Crippen LogP contribution >= 0.6 is 0 Å². The van der Waals surface area contributed by atoms with Crippen LogP contribution in [0.4, 0.5) is 17.1 Å². The maximum Gasteiger partial charge on any atom is 0.267 e. The Kier molecular flexibility index (Phi) is 7.74. The van der Waals surface area contributed by atoms with Crippen molar-refractivity contribution >= 4 is 43.0 Å². The largest absolute Gasteiger partial charge is 0.476 e. The summed E-state index contributed by atoms with van der Waals surface area (Å²) in [4.78, 5) is 13.2. The van der Waals surface area contributed by atoms with Gasteiger partial charge in [-0.2, -0.15) is 0 Å². The Bertz CT molecular complexity index is 1770. The SMILES string of the molecule is Cc1cccc(C)c1NS(=O)(=O)c1ccc(NC(=O)C2CN(S(=O)(=O)Cc3ccccc3)c3ccccc3O2)cc1. The molecule has 11 heteroatoms. The number of hydrogen-bond acceptors (Lipinski definition) is 6. The van der Waals surface area contributed by atoms with Gasteiger partial charge in [0.25, 0.3) is 15.9 Å². The summed E-state index contributed by atoms with van der Waals surface area (Å²) in [6.45, 7) is 3.43. The molecule has 0 radical (unpaired) electrons. The van der Waals surface area contributed by atoms with Crippen LogP contribution in [0.1, 0.15) is 16.7 Å². The molecule has 1 atom stereocenters. The normalized spacial score (nSPS) is 15.0. The Morgan fingerprint density at radius 3 is 2.15 bits per heavy atom. The molecule has 1 heterocycles. The molecule has 0 saturated heterocycles. The topological polar surface area (TPSA) is 122 Å². The minimum atomic E-state index is -3.87. The van der Waals surface area contributed by atoms with E-state index < -0.39 is 32.1 Å². The molecule has 212 valence electrons. The van der Waals surface area contributed by atoms with E-state index in [1.165, 1.54) is 28.6 Å². The van der Waals surface area contributed by atoms with Gasteiger partial charge in [0.1, 0.15) is 5.75 Å². The number of nitrogens with zero attached hydrogens (tertiary/aromatic N) is 1. The number of nitrogens with one attached hydrogen (secondary N) is 2. The molecule has 0 fully saturated rings. The van der Waals surface area contributed by atoms with E-state index in [2.05, 4.69) is 10.0 Å². The second-order valence-electron chi connectivity index (χ2n) is 9.73. The Morgan fingerprint density at radius 1 is 0.829 bits per heavy atom. The molecule has 4 aromatic carbocycles. The summed E-state index contributed by atoms with van der Waals surface area (Å²) >= 11 is 0. The van der Waals surface area contributed by atoms with E-state index in [-0.39, 0.29) is 22.9 Å². The lowest BCUT2D eigenvalue weighted by molar-refractivity contribution is -0.122. The molecule has 0 bridgehead atoms. The first-order chi connectivity index (χ1) is 19.5. The predicted octanol–water partition coefficient (Wildman–Crippen LogP) is 4.84. The van der Waals surface area contributed by atoms with Gasteiger partial charge in [0.05, 0.1) is 28.6 Å². The van der Waals surface area contributed by atoms with Crippen molar-refractivity contribution in [2.45, 2.75) is 30.6 Å². The zero-order valence-corrected chi connectivity index (χ0v) is 24.1. The maximum absolute atomic E-state index is 13.4. The standard InChI is InChI=1S/C30H29N3O6S2/c1-21-9-8-10-22(2)29(21)32-41(37,38)25-17-15-24(16-18-25)31-30(34)28-19-33(26-13-6-7-14-27(26)39-28)40(35,36)20-23-11-4-3-5-12-23/h3-18,28,32H,19-20H2,1-2H3,(H,31,34). The molecule has 41 heavy (non-hydrogen) atoms. The zero-order chi connectivity index (χ0) is 29.2. The van der Waals surface area contributed by atoms with Gasteiger partial charge < -0.3 is 10.1 Å². The number of rotatable bonds is 8. The van der Waals surface area contributed by atoms with Gasteiger partial charge in [0.2, 0.25) is 10.0 Å². The highest BCUT2D eigenvalue weighted by Crippen LogP contribution is 2.36. The Labute approximate surface area is 239 Å². The van der Waals surface area contributed by atoms with Crippen LogP contribution in [0.15, 0.2) is 102 Å². The molecule has 2 N–H and O–H groups in total. The second kappa shape index (κ2) is 11.3. The number of amides is 1. The molecule has 4 aromatic rings. The molecule has 9 nitrogen and oxygen atoms in total. The summed E-state index contributed by atoms with van der Waals surface area (Å²) < 4.78 is 62.5. The van der Waals surface area contributed by atoms with Crippen LogP contribution in [0.5, 0.6) is 5.75 Å². The number of para-hydroxylation sites is 3. The Morgan fingerprint density at radius 2 is 1.46 bits per heavy atom. The number of aryl methyl sites for hydroxylation is 2. The van der Waals surface area contributed by atoms with Crippen LogP contribution in [0, 0.1) is 13.8 Å². The average Bonchev–Trinajstić information content (AvgIpc) is 2.95. The molecule has 1 amide bonds. The van der Waals surface area contributed by atoms with Crippen molar-refractivity contribution in [3.8, 4) is 5.75 Å². The van der Waals surface area contributed by atoms with Crippen molar-refractivity contribution in [3.63, 3.8) is 0 Å². The Hall–Kier alpha value is -4.35. The first kappa shape index (κ1) is 28.2. The van der Waals surface area contributed by atoms with Crippen molar-refractivity contribution < 1.29 is 26.4 Å². The van der Waals surface area contributed by atoms with Gasteiger partial charge in [-0.25, -0.2) is 16.8 Å². The fourth-order valence-electron chi connectivity index (χ4n) is 4.57. The number of benzene rings is 4. The number of sulfonamides is 2. The predicted molar refractivity (Wildman–Crippen MR) is 159 cm³/mol. The summed E-state index contributed by atoms with van der Waals surface area (Å²) in [6, 6.07) is 26.7. The van der Waals surface area contributed by atoms with E-state index in [0.717, 1.165) is 11.1 Å². The first-order valence-corrected chi connectivity index (χ1v) is 15.9. The fourth-order valence-corrected chi connectivity index (χ4v) is 7.36. The fraction of sp³-hybridized carbons (Fsp3) is 0.167. The molecule has 1 unspecified atom stereocenters. The van der Waals surface area contributed by atoms with Crippen molar-refractivity contribution in [1.29, 1.82) is 0 Å². The number of anilines is 3. The minimum Gasteiger partial charge on any atom is -0.476 e. The summed E-state index contributed by atoms with van der Waals surface area (Å²) in [5.41, 5.74) is 3.43. The monoisotopic (exact) mass is 591 g/mol. The van der Waals surface area contributed by atoms with Gasteiger partial charge in [0, 0.05) is 5.69 Å². The zero-order valence-electron chi connectivity index (χ0n) is 22.4. The summed E-state index contributed by atoms with van der Waals surface area (Å²) in [5, 5.41) is 2.71. The highest BCUT2D eigenvalue weighted by molar-refractivity contribution is 7.92. The quantitative estimate of drug-likeness (QED) is 0.302. The van der Waals surface area contributed by atoms with Crippen LogP contribution in [0.2, 0.25) is 0 Å². The van der Waals surface area contributed by atoms with Crippen LogP contribution in [-0.2, 0) is 30.6 Å². The lowest BCUT2D eigenvalue weighted by Gasteiger charge is -2.34. The van der Waals surface area contributed by atoms with Gasteiger partial charge in [-0.3, -0.25) is 13.8 Å². The summed E-state index contributed by atoms with van der Waals surface area (Å²) in [5.74, 6) is -0.527. The molecular formula is C30H29N3O6S2. The number of carbonyl (C=O) groups excluding carboxylic acids is 1. The third kappa shape index (κ3) is 6.21. The third-order valence-electron chi connectivity index (χ3n) is 6.70. The van der Waals surface area contributed by atoms with Crippen LogP contribution < -0.4 is 19.1 Å². The number of ether oxygens (including phenoxy) is 1. The smallest absolute Gasteiger partial charge is 0.267 e. The van der Waals surface area contributed by atoms with Gasteiger partial charge in [-0.1, -0.05) is 60.7 Å². The van der Waals surface area contributed by atoms with Gasteiger partial charge in [-0.05, 0) is 66.9 Å². The molecule has 0 aliphatic carbocycles. The van der Waals surface area contributed by atoms with E-state index in [1.54, 1.807) is 48.5 Å². The lowest BCUT2D eigenvalue weighted by Crippen LogP contribution is -2.49. The van der Waals surface area contributed by atoms with Crippen LogP contribution in [0.3, 0.4) is 0 Å². The number of carbonyl (C=O) groups is 1. The average molecular weight is 592 g/mol. The van der Waals surface area contributed by atoms with Crippen molar-refractivity contribution in [2.75, 3.05) is 20.9 Å². The molecular weight excluding hydrogens is 562 g/mol. The van der Waals surface area contributed by atoms with Crippen LogP contribution in [-0.4, -0.2) is 35.4 Å². The number of hydrogen-bond donors (Lipinski definition) is 2. The number of fused-ring (bicyclic) bond motifs is 1. The highest BCUT2D eigenvalue weighted by atomic mass is 32.2. The highest BCUT2D eigenvalue weighted by Gasteiger charge is 2.36. The third-order valence-corrected chi connectivity index (χ3v) is 9.79.